The van der Waals surface area contributed by atoms with Gasteiger partial charge in [-0.1, -0.05) is 29.8 Å². The van der Waals surface area contributed by atoms with Crippen LogP contribution >= 0.6 is 15.9 Å². The molecule has 1 atom stereocenters. The van der Waals surface area contributed by atoms with Gasteiger partial charge in [0.15, 0.2) is 0 Å². The fourth-order valence-electron chi connectivity index (χ4n) is 6.76. The van der Waals surface area contributed by atoms with E-state index in [0.717, 1.165) is 46.0 Å². The number of hydrogen-bond donors (Lipinski definition) is 0. The summed E-state index contributed by atoms with van der Waals surface area (Å²) >= 11 is 3.74. The number of piperidine rings is 1. The van der Waals surface area contributed by atoms with Crippen LogP contribution in [0.2, 0.25) is 0 Å². The van der Waals surface area contributed by atoms with Crippen molar-refractivity contribution in [3.63, 3.8) is 0 Å². The molecular formula is C33H42BrN3O4. The second kappa shape index (κ2) is 11.3. The summed E-state index contributed by atoms with van der Waals surface area (Å²) in [4.78, 5) is 19.5. The van der Waals surface area contributed by atoms with Crippen molar-refractivity contribution in [3.05, 3.63) is 45.7 Å². The molecule has 6 rings (SSSR count). The van der Waals surface area contributed by atoms with Crippen LogP contribution in [0.25, 0.3) is 22.2 Å². The van der Waals surface area contributed by atoms with Gasteiger partial charge in [0.05, 0.1) is 36.2 Å². The molecule has 3 aromatic rings. The first-order valence-electron chi connectivity index (χ1n) is 15.0. The molecule has 2 aliphatic heterocycles. The molecule has 0 spiro atoms. The van der Waals surface area contributed by atoms with Crippen LogP contribution in [0.15, 0.2) is 28.9 Å². The van der Waals surface area contributed by atoms with Gasteiger partial charge in [-0.3, -0.25) is 9.78 Å². The molecule has 0 amide bonds. The number of halogens is 1. The lowest BCUT2D eigenvalue weighted by Crippen LogP contribution is -2.34. The average molecular weight is 625 g/mol. The Bertz CT molecular complexity index is 1450. The van der Waals surface area contributed by atoms with Crippen LogP contribution in [0.1, 0.15) is 82.2 Å². The zero-order chi connectivity index (χ0) is 28.9. The molecule has 8 heteroatoms. The predicted molar refractivity (Wildman–Crippen MR) is 164 cm³/mol. The summed E-state index contributed by atoms with van der Waals surface area (Å²) in [6.07, 6.45) is 7.75. The van der Waals surface area contributed by atoms with Gasteiger partial charge in [0, 0.05) is 47.1 Å². The third kappa shape index (κ3) is 5.80. The normalized spacial score (nSPS) is 18.9. The Morgan fingerprint density at radius 3 is 2.61 bits per heavy atom. The lowest BCUT2D eigenvalue weighted by atomic mass is 9.83. The Morgan fingerprint density at radius 1 is 1.17 bits per heavy atom. The lowest BCUT2D eigenvalue weighted by Gasteiger charge is -2.32. The van der Waals surface area contributed by atoms with E-state index in [4.69, 9.17) is 19.2 Å². The summed E-state index contributed by atoms with van der Waals surface area (Å²) < 4.78 is 21.0. The Kier molecular flexibility index (Phi) is 7.94. The fraction of sp³-hybridized carbons (Fsp3) is 0.576. The molecule has 1 saturated carbocycles. The zero-order valence-corrected chi connectivity index (χ0v) is 26.6. The number of nitrogens with zero attached hydrogens (tertiary/aromatic N) is 3. The summed E-state index contributed by atoms with van der Waals surface area (Å²) in [5, 5.41) is 1.17. The van der Waals surface area contributed by atoms with E-state index in [1.54, 1.807) is 7.11 Å². The number of carbonyl (C=O) groups is 1. The van der Waals surface area contributed by atoms with Crippen molar-refractivity contribution < 1.29 is 19.0 Å². The Labute approximate surface area is 251 Å². The first kappa shape index (κ1) is 28.7. The van der Waals surface area contributed by atoms with Crippen LogP contribution in [0.5, 0.6) is 5.75 Å². The minimum absolute atomic E-state index is 0.158. The van der Waals surface area contributed by atoms with Gasteiger partial charge in [-0.05, 0) is 87.4 Å². The Balaban J connectivity index is 1.50. The van der Waals surface area contributed by atoms with Crippen LogP contribution in [0.3, 0.4) is 0 Å². The molecule has 0 radical (unpaired) electrons. The van der Waals surface area contributed by atoms with E-state index in [2.05, 4.69) is 70.6 Å². The van der Waals surface area contributed by atoms with E-state index in [1.165, 1.54) is 67.9 Å². The van der Waals surface area contributed by atoms with E-state index in [0.29, 0.717) is 19.1 Å². The van der Waals surface area contributed by atoms with Gasteiger partial charge in [-0.15, -0.1) is 0 Å². The zero-order valence-electron chi connectivity index (χ0n) is 25.0. The van der Waals surface area contributed by atoms with E-state index >= 15 is 0 Å². The van der Waals surface area contributed by atoms with Gasteiger partial charge < -0.3 is 23.7 Å². The van der Waals surface area contributed by atoms with Crippen molar-refractivity contribution in [2.45, 2.75) is 84.4 Å². The molecule has 41 heavy (non-hydrogen) atoms. The second-order valence-electron chi connectivity index (χ2n) is 12.9. The van der Waals surface area contributed by atoms with Crippen LogP contribution in [-0.2, 0) is 27.2 Å². The van der Waals surface area contributed by atoms with Gasteiger partial charge in [0.1, 0.15) is 12.4 Å². The van der Waals surface area contributed by atoms with Crippen molar-refractivity contribution in [3.8, 4) is 17.0 Å². The minimum atomic E-state index is -0.273. The van der Waals surface area contributed by atoms with E-state index in [1.807, 2.05) is 0 Å². The molecule has 7 nitrogen and oxygen atoms in total. The van der Waals surface area contributed by atoms with Crippen LogP contribution in [0, 0.1) is 5.41 Å². The molecule has 1 aliphatic carbocycles. The van der Waals surface area contributed by atoms with Crippen molar-refractivity contribution in [1.29, 1.82) is 0 Å². The summed E-state index contributed by atoms with van der Waals surface area (Å²) in [5.41, 5.74) is 6.67. The third-order valence-corrected chi connectivity index (χ3v) is 9.54. The first-order valence-corrected chi connectivity index (χ1v) is 15.8. The third-order valence-electron chi connectivity index (χ3n) is 9.08. The van der Waals surface area contributed by atoms with Gasteiger partial charge in [-0.2, -0.15) is 0 Å². The van der Waals surface area contributed by atoms with Crippen molar-refractivity contribution >= 4 is 32.8 Å². The fourth-order valence-corrected chi connectivity index (χ4v) is 7.19. The minimum Gasteiger partial charge on any atom is -0.489 e. The molecule has 1 aromatic carbocycles. The van der Waals surface area contributed by atoms with Crippen molar-refractivity contribution in [1.82, 2.24) is 14.5 Å². The smallest absolute Gasteiger partial charge is 0.302 e. The van der Waals surface area contributed by atoms with Crippen LogP contribution in [0.4, 0.5) is 0 Å². The molecular weight excluding hydrogens is 582 g/mol. The molecule has 2 aromatic heterocycles. The molecule has 0 bridgehead atoms. The molecule has 0 unspecified atom stereocenters. The predicted octanol–water partition coefficient (Wildman–Crippen LogP) is 7.04. The summed E-state index contributed by atoms with van der Waals surface area (Å²) in [6.45, 7) is 11.9. The first-order chi connectivity index (χ1) is 19.6. The number of rotatable bonds is 9. The Morgan fingerprint density at radius 2 is 1.93 bits per heavy atom. The highest BCUT2D eigenvalue weighted by Crippen LogP contribution is 2.46. The van der Waals surface area contributed by atoms with Gasteiger partial charge in [0.25, 0.3) is 0 Å². The molecule has 4 heterocycles. The number of likely N-dealkylation sites (tertiary alicyclic amines) is 1. The molecule has 0 N–H and O–H groups in total. The number of esters is 1. The van der Waals surface area contributed by atoms with Crippen molar-refractivity contribution in [2.75, 3.05) is 33.4 Å². The van der Waals surface area contributed by atoms with Crippen LogP contribution < -0.4 is 4.74 Å². The topological polar surface area (TPSA) is 65.8 Å². The molecule has 2 fully saturated rings. The maximum Gasteiger partial charge on any atom is 0.302 e. The average Bonchev–Trinajstić information content (AvgIpc) is 3.76. The highest BCUT2D eigenvalue weighted by atomic mass is 79.9. The number of pyridine rings is 1. The van der Waals surface area contributed by atoms with E-state index in [9.17, 15) is 4.79 Å². The molecule has 220 valence electrons. The maximum absolute atomic E-state index is 11.7. The number of methoxy groups -OCH3 is 1. The quantitative estimate of drug-likeness (QED) is 0.238. The lowest BCUT2D eigenvalue weighted by molar-refractivity contribution is -0.143. The van der Waals surface area contributed by atoms with Gasteiger partial charge in [-0.25, -0.2) is 0 Å². The van der Waals surface area contributed by atoms with E-state index < -0.39 is 0 Å². The number of carbonyl (C=O) groups excluding carboxylic acids is 1. The van der Waals surface area contributed by atoms with Crippen molar-refractivity contribution in [2.24, 2.45) is 5.41 Å². The summed E-state index contributed by atoms with van der Waals surface area (Å²) in [7, 11) is 1.75. The summed E-state index contributed by atoms with van der Waals surface area (Å²) in [5.74, 6) is 1.15. The number of ether oxygens (including phenoxy) is 3. The summed E-state index contributed by atoms with van der Waals surface area (Å²) in [6, 6.07) is 7.50. The van der Waals surface area contributed by atoms with Gasteiger partial charge in [0.2, 0.25) is 0 Å². The van der Waals surface area contributed by atoms with Gasteiger partial charge >= 0.3 is 5.97 Å². The maximum atomic E-state index is 11.7. The molecule has 3 aliphatic rings. The number of hydrogen-bond acceptors (Lipinski definition) is 6. The molecule has 1 saturated heterocycles. The number of aromatic nitrogens is 2. The van der Waals surface area contributed by atoms with E-state index in [-0.39, 0.29) is 17.5 Å². The Hall–Kier alpha value is -2.42. The van der Waals surface area contributed by atoms with Crippen LogP contribution in [-0.4, -0.2) is 59.9 Å². The number of benzene rings is 1. The highest BCUT2D eigenvalue weighted by molar-refractivity contribution is 9.10. The monoisotopic (exact) mass is 623 g/mol. The SMILES string of the molecule is CO[C@@H](C)c1ncc(C2CCN(C3CC3)CC2)cc1-c1c(CC(C)(C)COC(C)=O)c2cc(Br)cc3c2n1CCO3. The highest BCUT2D eigenvalue weighted by Gasteiger charge is 2.34. The second-order valence-corrected chi connectivity index (χ2v) is 13.8. The largest absolute Gasteiger partial charge is 0.489 e. The standard InChI is InChI=1S/C33H42BrN3O4/c1-20(39-5)30-27(14-23(18-35-30)22-8-10-36(11-9-22)25-6-7-25)31-28(17-33(3,4)19-41-21(2)38)26-15-24(34)16-29-32(26)37(31)12-13-40-29/h14-16,18,20,22,25H,6-13,17,19H2,1-5H3/t20-/m0/s1.